The van der Waals surface area contributed by atoms with E-state index in [0.29, 0.717) is 35.0 Å². The van der Waals surface area contributed by atoms with Gasteiger partial charge in [-0.1, -0.05) is 64.5 Å². The number of amides is 1. The number of hydrogen-bond donors (Lipinski definition) is 1. The molecule has 0 spiro atoms. The van der Waals surface area contributed by atoms with E-state index >= 15 is 0 Å². The van der Waals surface area contributed by atoms with Crippen LogP contribution in [-0.2, 0) is 11.4 Å². The minimum atomic E-state index is -0.806. The van der Waals surface area contributed by atoms with E-state index in [2.05, 4.69) is 26.5 Å². The fraction of sp³-hybridized carbons (Fsp3) is 0.129. The Balaban J connectivity index is 1.31. The first-order valence-corrected chi connectivity index (χ1v) is 13.0. The molecule has 0 unspecified atom stereocenters. The minimum Gasteiger partial charge on any atom is -0.489 e. The summed E-state index contributed by atoms with van der Waals surface area (Å²) in [5.74, 6) is 0.604. The van der Waals surface area contributed by atoms with Crippen molar-refractivity contribution in [3.63, 3.8) is 0 Å². The average molecular weight is 587 g/mol. The highest BCUT2D eigenvalue weighted by Gasteiger charge is 2.15. The lowest BCUT2D eigenvalue weighted by Gasteiger charge is -2.14. The van der Waals surface area contributed by atoms with Gasteiger partial charge in [0.15, 0.2) is 6.10 Å². The van der Waals surface area contributed by atoms with E-state index in [4.69, 9.17) is 14.2 Å². The van der Waals surface area contributed by atoms with E-state index in [1.165, 1.54) is 6.21 Å². The summed E-state index contributed by atoms with van der Waals surface area (Å²) in [6.45, 7) is 3.93. The highest BCUT2D eigenvalue weighted by Crippen LogP contribution is 2.24. The van der Waals surface area contributed by atoms with Gasteiger partial charge in [-0.05, 0) is 73.5 Å². The third kappa shape index (κ3) is 8.02. The molecule has 0 aliphatic rings. The van der Waals surface area contributed by atoms with Crippen LogP contribution in [0.3, 0.4) is 0 Å². The summed E-state index contributed by atoms with van der Waals surface area (Å²) in [4.78, 5) is 25.2. The highest BCUT2D eigenvalue weighted by atomic mass is 79.9. The Morgan fingerprint density at radius 1 is 0.923 bits per heavy atom. The molecule has 4 rings (SSSR count). The monoisotopic (exact) mass is 586 g/mol. The van der Waals surface area contributed by atoms with E-state index in [-0.39, 0.29) is 0 Å². The molecule has 0 aliphatic carbocycles. The van der Waals surface area contributed by atoms with Gasteiger partial charge in [-0.25, -0.2) is 10.2 Å². The summed E-state index contributed by atoms with van der Waals surface area (Å²) >= 11 is 3.41. The minimum absolute atomic E-state index is 0.309. The molecule has 7 nitrogen and oxygen atoms in total. The van der Waals surface area contributed by atoms with Crippen LogP contribution in [0.2, 0.25) is 0 Å². The van der Waals surface area contributed by atoms with Crippen molar-refractivity contribution in [3.8, 4) is 17.2 Å². The molecule has 1 atom stereocenters. The largest absolute Gasteiger partial charge is 0.489 e. The summed E-state index contributed by atoms with van der Waals surface area (Å²) in [5.41, 5.74) is 5.33. The standard InChI is InChI=1S/C31H27BrN2O5/c1-21-8-6-7-11-28(21)31(36)39-29-17-12-25(32)18-24(29)19-33-34-30(35)22(2)38-27-15-13-26(14-16-27)37-20-23-9-4-3-5-10-23/h3-19,22H,20H2,1-2H3,(H,34,35)/b33-19-/t22-/m0/s1. The zero-order valence-electron chi connectivity index (χ0n) is 21.5. The number of esters is 1. The molecular formula is C31H27BrN2O5. The Labute approximate surface area is 235 Å². The highest BCUT2D eigenvalue weighted by molar-refractivity contribution is 9.10. The Morgan fingerprint density at radius 2 is 1.62 bits per heavy atom. The van der Waals surface area contributed by atoms with Crippen LogP contribution in [0.4, 0.5) is 0 Å². The van der Waals surface area contributed by atoms with E-state index < -0.39 is 18.0 Å². The Hall–Kier alpha value is -4.43. The van der Waals surface area contributed by atoms with Gasteiger partial charge in [0.25, 0.3) is 5.91 Å². The molecule has 4 aromatic rings. The van der Waals surface area contributed by atoms with Crippen LogP contribution in [0.5, 0.6) is 17.2 Å². The zero-order valence-corrected chi connectivity index (χ0v) is 23.1. The number of aryl methyl sites for hydroxylation is 1. The molecule has 0 saturated carbocycles. The summed E-state index contributed by atoms with van der Waals surface area (Å²) in [6.07, 6.45) is 0.605. The second-order valence-electron chi connectivity index (χ2n) is 8.63. The first kappa shape index (κ1) is 27.6. The number of halogens is 1. The van der Waals surface area contributed by atoms with Crippen LogP contribution in [0.1, 0.15) is 34.0 Å². The molecule has 0 aliphatic heterocycles. The SMILES string of the molecule is Cc1ccccc1C(=O)Oc1ccc(Br)cc1/C=N\NC(=O)[C@H](C)Oc1ccc(OCc2ccccc2)cc1. The number of ether oxygens (including phenoxy) is 3. The molecule has 0 saturated heterocycles. The second kappa shape index (κ2) is 13.4. The number of carbonyl (C=O) groups excluding carboxylic acids is 2. The van der Waals surface area contributed by atoms with Crippen LogP contribution in [0.15, 0.2) is 107 Å². The number of carbonyl (C=O) groups is 2. The second-order valence-corrected chi connectivity index (χ2v) is 9.54. The first-order chi connectivity index (χ1) is 18.9. The molecule has 0 aromatic heterocycles. The number of rotatable bonds is 10. The fourth-order valence-corrected chi connectivity index (χ4v) is 3.92. The lowest BCUT2D eigenvalue weighted by molar-refractivity contribution is -0.127. The number of nitrogens with one attached hydrogen (secondary N) is 1. The molecule has 1 amide bonds. The van der Waals surface area contributed by atoms with Crippen LogP contribution < -0.4 is 19.6 Å². The predicted octanol–water partition coefficient (Wildman–Crippen LogP) is 6.47. The van der Waals surface area contributed by atoms with Gasteiger partial charge in [0.1, 0.15) is 23.9 Å². The normalized spacial score (nSPS) is 11.6. The molecule has 8 heteroatoms. The van der Waals surface area contributed by atoms with Gasteiger partial charge in [0.05, 0.1) is 11.8 Å². The topological polar surface area (TPSA) is 86.2 Å². The molecule has 0 fully saturated rings. The van der Waals surface area contributed by atoms with E-state index in [1.807, 2.05) is 49.4 Å². The van der Waals surface area contributed by atoms with Crippen molar-refractivity contribution in [1.82, 2.24) is 5.43 Å². The molecular weight excluding hydrogens is 560 g/mol. The predicted molar refractivity (Wildman–Crippen MR) is 153 cm³/mol. The van der Waals surface area contributed by atoms with Crippen molar-refractivity contribution in [2.24, 2.45) is 5.10 Å². The summed E-state index contributed by atoms with van der Waals surface area (Å²) in [5, 5.41) is 4.03. The van der Waals surface area contributed by atoms with Gasteiger partial charge in [0.2, 0.25) is 0 Å². The molecule has 0 radical (unpaired) electrons. The van der Waals surface area contributed by atoms with E-state index in [0.717, 1.165) is 15.6 Å². The Bertz CT molecular complexity index is 1460. The molecule has 1 N–H and O–H groups in total. The van der Waals surface area contributed by atoms with Crippen molar-refractivity contribution < 1.29 is 23.8 Å². The lowest BCUT2D eigenvalue weighted by Crippen LogP contribution is -2.33. The van der Waals surface area contributed by atoms with Crippen molar-refractivity contribution in [2.45, 2.75) is 26.6 Å². The maximum Gasteiger partial charge on any atom is 0.343 e. The van der Waals surface area contributed by atoms with Gasteiger partial charge in [-0.2, -0.15) is 5.10 Å². The number of nitrogens with zero attached hydrogens (tertiary/aromatic N) is 1. The van der Waals surface area contributed by atoms with Crippen molar-refractivity contribution >= 4 is 34.0 Å². The lowest BCUT2D eigenvalue weighted by atomic mass is 10.1. The number of hydrazone groups is 1. The van der Waals surface area contributed by atoms with Crippen LogP contribution in [-0.4, -0.2) is 24.2 Å². The van der Waals surface area contributed by atoms with Crippen LogP contribution >= 0.6 is 15.9 Å². The van der Waals surface area contributed by atoms with Crippen molar-refractivity contribution in [2.75, 3.05) is 0 Å². The Kier molecular flexibility index (Phi) is 9.48. The summed E-state index contributed by atoms with van der Waals surface area (Å²) < 4.78 is 17.9. The molecule has 198 valence electrons. The van der Waals surface area contributed by atoms with Crippen LogP contribution in [0, 0.1) is 6.92 Å². The first-order valence-electron chi connectivity index (χ1n) is 12.2. The number of benzene rings is 4. The van der Waals surface area contributed by atoms with Gasteiger partial charge in [0, 0.05) is 10.0 Å². The molecule has 4 aromatic carbocycles. The van der Waals surface area contributed by atoms with Gasteiger partial charge >= 0.3 is 5.97 Å². The average Bonchev–Trinajstić information content (AvgIpc) is 2.94. The van der Waals surface area contributed by atoms with Gasteiger partial charge < -0.3 is 14.2 Å². The smallest absolute Gasteiger partial charge is 0.343 e. The fourth-order valence-electron chi connectivity index (χ4n) is 3.54. The molecule has 0 heterocycles. The van der Waals surface area contributed by atoms with Gasteiger partial charge in [-0.15, -0.1) is 0 Å². The maximum absolute atomic E-state index is 12.7. The van der Waals surface area contributed by atoms with Crippen molar-refractivity contribution in [1.29, 1.82) is 0 Å². The molecule has 39 heavy (non-hydrogen) atoms. The third-order valence-corrected chi connectivity index (χ3v) is 6.17. The van der Waals surface area contributed by atoms with Gasteiger partial charge in [-0.3, -0.25) is 4.79 Å². The summed E-state index contributed by atoms with van der Waals surface area (Å²) in [6, 6.07) is 29.3. The van der Waals surface area contributed by atoms with Crippen LogP contribution in [0.25, 0.3) is 0 Å². The quantitative estimate of drug-likeness (QED) is 0.0995. The number of hydrogen-bond acceptors (Lipinski definition) is 6. The molecule has 0 bridgehead atoms. The van der Waals surface area contributed by atoms with E-state index in [1.54, 1.807) is 61.5 Å². The maximum atomic E-state index is 12.7. The summed E-state index contributed by atoms with van der Waals surface area (Å²) in [7, 11) is 0. The van der Waals surface area contributed by atoms with Crippen molar-refractivity contribution in [3.05, 3.63) is 124 Å². The zero-order chi connectivity index (χ0) is 27.6. The Morgan fingerprint density at radius 3 is 2.36 bits per heavy atom. The van der Waals surface area contributed by atoms with E-state index in [9.17, 15) is 9.59 Å². The third-order valence-electron chi connectivity index (χ3n) is 5.67.